The smallest absolute Gasteiger partial charge is 0.255 e. The highest BCUT2D eigenvalue weighted by Gasteiger charge is 2.16. The van der Waals surface area contributed by atoms with Crippen LogP contribution < -0.4 is 5.32 Å². The number of hydrogen-bond donors (Lipinski definition) is 1. The van der Waals surface area contributed by atoms with Gasteiger partial charge in [-0.1, -0.05) is 25.8 Å². The molecule has 1 N–H and O–H groups in total. The van der Waals surface area contributed by atoms with Crippen molar-refractivity contribution < 1.29 is 9.21 Å². The molecular weight excluding hydrogens is 240 g/mol. The Morgan fingerprint density at radius 1 is 1.47 bits per heavy atom. The van der Waals surface area contributed by atoms with Crippen molar-refractivity contribution in [2.75, 3.05) is 0 Å². The van der Waals surface area contributed by atoms with Crippen LogP contribution in [-0.4, -0.2) is 10.9 Å². The predicted octanol–water partition coefficient (Wildman–Crippen LogP) is 3.34. The second-order valence-electron chi connectivity index (χ2n) is 4.47. The summed E-state index contributed by atoms with van der Waals surface area (Å²) in [5, 5.41) is 3.03. The number of pyridine rings is 1. The summed E-state index contributed by atoms with van der Waals surface area (Å²) in [5.41, 5.74) is 1.58. The van der Waals surface area contributed by atoms with Crippen LogP contribution in [0.4, 0.5) is 0 Å². The van der Waals surface area contributed by atoms with Gasteiger partial charge in [-0.2, -0.15) is 0 Å². The van der Waals surface area contributed by atoms with Gasteiger partial charge in [-0.3, -0.25) is 9.78 Å². The minimum absolute atomic E-state index is 0.00366. The maximum atomic E-state index is 12.1. The summed E-state index contributed by atoms with van der Waals surface area (Å²) in [6, 6.07) is 5.53. The number of hydrogen-bond acceptors (Lipinski definition) is 3. The lowest BCUT2D eigenvalue weighted by Gasteiger charge is -2.18. The maximum absolute atomic E-state index is 12.1. The first-order valence-corrected chi connectivity index (χ1v) is 6.54. The summed E-state index contributed by atoms with van der Waals surface area (Å²) in [6.07, 6.45) is 9.55. The van der Waals surface area contributed by atoms with Crippen LogP contribution in [0.2, 0.25) is 0 Å². The normalized spacial score (nSPS) is 12.1. The Balaban J connectivity index is 2.08. The summed E-state index contributed by atoms with van der Waals surface area (Å²) in [7, 11) is 0. The molecule has 0 saturated carbocycles. The lowest BCUT2D eigenvalue weighted by atomic mass is 10.0. The van der Waals surface area contributed by atoms with Gasteiger partial charge in [0.2, 0.25) is 0 Å². The molecule has 0 spiro atoms. The Labute approximate surface area is 112 Å². The third-order valence-corrected chi connectivity index (χ3v) is 3.02. The van der Waals surface area contributed by atoms with Gasteiger partial charge in [-0.05, 0) is 24.1 Å². The van der Waals surface area contributed by atoms with E-state index >= 15 is 0 Å². The molecule has 1 atom stereocenters. The summed E-state index contributed by atoms with van der Waals surface area (Å²) < 4.78 is 4.93. The average Bonchev–Trinajstić information content (AvgIpc) is 2.98. The molecule has 0 bridgehead atoms. The second-order valence-corrected chi connectivity index (χ2v) is 4.47. The van der Waals surface area contributed by atoms with Gasteiger partial charge in [0, 0.05) is 12.4 Å². The highest BCUT2D eigenvalue weighted by Crippen LogP contribution is 2.19. The van der Waals surface area contributed by atoms with Crippen molar-refractivity contribution >= 4 is 5.91 Å². The summed E-state index contributed by atoms with van der Waals surface area (Å²) in [4.78, 5) is 16.2. The van der Waals surface area contributed by atoms with Crippen LogP contribution in [0.1, 0.15) is 48.1 Å². The van der Waals surface area contributed by atoms with Gasteiger partial charge < -0.3 is 9.73 Å². The Kier molecular flexibility index (Phi) is 4.72. The third kappa shape index (κ3) is 3.68. The average molecular weight is 258 g/mol. The highest BCUT2D eigenvalue weighted by atomic mass is 16.3. The molecule has 0 saturated heterocycles. The standard InChI is InChI=1S/C15H18N2O2/c1-2-3-6-14(12-5-4-8-16-10-12)17-15(18)13-7-9-19-11-13/h4-5,7-11,14H,2-3,6H2,1H3,(H,17,18)/t14-/m1/s1. The molecule has 0 aromatic carbocycles. The number of aromatic nitrogens is 1. The van der Waals surface area contributed by atoms with Crippen molar-refractivity contribution in [1.82, 2.24) is 10.3 Å². The van der Waals surface area contributed by atoms with E-state index in [1.54, 1.807) is 18.5 Å². The lowest BCUT2D eigenvalue weighted by Crippen LogP contribution is -2.28. The van der Waals surface area contributed by atoms with E-state index in [-0.39, 0.29) is 11.9 Å². The zero-order valence-corrected chi connectivity index (χ0v) is 11.0. The van der Waals surface area contributed by atoms with E-state index in [0.29, 0.717) is 5.56 Å². The molecule has 2 aromatic rings. The van der Waals surface area contributed by atoms with Crippen molar-refractivity contribution in [3.8, 4) is 0 Å². The fourth-order valence-corrected chi connectivity index (χ4v) is 1.95. The number of amides is 1. The maximum Gasteiger partial charge on any atom is 0.255 e. The number of carbonyl (C=O) groups excluding carboxylic acids is 1. The van der Waals surface area contributed by atoms with E-state index in [4.69, 9.17) is 4.42 Å². The number of furan rings is 1. The van der Waals surface area contributed by atoms with Crippen LogP contribution in [0, 0.1) is 0 Å². The fourth-order valence-electron chi connectivity index (χ4n) is 1.95. The summed E-state index contributed by atoms with van der Waals surface area (Å²) in [6.45, 7) is 2.14. The van der Waals surface area contributed by atoms with Gasteiger partial charge >= 0.3 is 0 Å². The molecule has 2 rings (SSSR count). The molecular formula is C15H18N2O2. The van der Waals surface area contributed by atoms with E-state index in [1.165, 1.54) is 12.5 Å². The molecule has 0 aliphatic heterocycles. The molecule has 0 aliphatic carbocycles. The SMILES string of the molecule is CCCC[C@@H](NC(=O)c1ccoc1)c1cccnc1. The minimum Gasteiger partial charge on any atom is -0.472 e. The zero-order valence-electron chi connectivity index (χ0n) is 11.0. The fraction of sp³-hybridized carbons (Fsp3) is 0.333. The lowest BCUT2D eigenvalue weighted by molar-refractivity contribution is 0.0933. The van der Waals surface area contributed by atoms with Crippen molar-refractivity contribution in [3.05, 3.63) is 54.2 Å². The summed E-state index contributed by atoms with van der Waals surface area (Å²) in [5.74, 6) is -0.112. The molecule has 0 radical (unpaired) electrons. The van der Waals surface area contributed by atoms with Crippen LogP contribution >= 0.6 is 0 Å². The first-order valence-electron chi connectivity index (χ1n) is 6.54. The van der Waals surface area contributed by atoms with Gasteiger partial charge in [0.15, 0.2) is 0 Å². The largest absolute Gasteiger partial charge is 0.472 e. The monoisotopic (exact) mass is 258 g/mol. The molecule has 0 fully saturated rings. The quantitative estimate of drug-likeness (QED) is 0.864. The van der Waals surface area contributed by atoms with Crippen molar-refractivity contribution in [2.45, 2.75) is 32.2 Å². The topological polar surface area (TPSA) is 55.1 Å². The number of nitrogens with one attached hydrogen (secondary N) is 1. The van der Waals surface area contributed by atoms with Gasteiger partial charge in [-0.15, -0.1) is 0 Å². The molecule has 4 nitrogen and oxygen atoms in total. The molecule has 1 amide bonds. The first-order chi connectivity index (χ1) is 9.31. The van der Waals surface area contributed by atoms with Crippen molar-refractivity contribution in [3.63, 3.8) is 0 Å². The third-order valence-electron chi connectivity index (χ3n) is 3.02. The van der Waals surface area contributed by atoms with Crippen LogP contribution in [-0.2, 0) is 0 Å². The zero-order chi connectivity index (χ0) is 13.5. The Bertz CT molecular complexity index is 494. The second kappa shape index (κ2) is 6.73. The van der Waals surface area contributed by atoms with Crippen LogP contribution in [0.15, 0.2) is 47.5 Å². The molecule has 2 heterocycles. The Hall–Kier alpha value is -2.10. The van der Waals surface area contributed by atoms with Crippen LogP contribution in [0.25, 0.3) is 0 Å². The highest BCUT2D eigenvalue weighted by molar-refractivity contribution is 5.94. The number of nitrogens with zero attached hydrogens (tertiary/aromatic N) is 1. The molecule has 19 heavy (non-hydrogen) atoms. The number of carbonyl (C=O) groups is 1. The predicted molar refractivity (Wildman–Crippen MR) is 72.7 cm³/mol. The first kappa shape index (κ1) is 13.3. The van der Waals surface area contributed by atoms with Crippen molar-refractivity contribution in [1.29, 1.82) is 0 Å². The van der Waals surface area contributed by atoms with Crippen LogP contribution in [0.3, 0.4) is 0 Å². The number of unbranched alkanes of at least 4 members (excludes halogenated alkanes) is 1. The van der Waals surface area contributed by atoms with Gasteiger partial charge in [-0.25, -0.2) is 0 Å². The summed E-state index contributed by atoms with van der Waals surface area (Å²) >= 11 is 0. The van der Waals surface area contributed by atoms with E-state index in [1.807, 2.05) is 12.1 Å². The molecule has 4 heteroatoms. The van der Waals surface area contributed by atoms with Crippen molar-refractivity contribution in [2.24, 2.45) is 0 Å². The number of rotatable bonds is 6. The van der Waals surface area contributed by atoms with E-state index in [2.05, 4.69) is 17.2 Å². The minimum atomic E-state index is -0.112. The molecule has 0 aliphatic rings. The van der Waals surface area contributed by atoms with Gasteiger partial charge in [0.1, 0.15) is 6.26 Å². The van der Waals surface area contributed by atoms with E-state index < -0.39 is 0 Å². The molecule has 2 aromatic heterocycles. The van der Waals surface area contributed by atoms with E-state index in [0.717, 1.165) is 24.8 Å². The van der Waals surface area contributed by atoms with Gasteiger partial charge in [0.25, 0.3) is 5.91 Å². The molecule has 100 valence electrons. The Morgan fingerprint density at radius 3 is 3.00 bits per heavy atom. The van der Waals surface area contributed by atoms with Gasteiger partial charge in [0.05, 0.1) is 17.9 Å². The molecule has 0 unspecified atom stereocenters. The van der Waals surface area contributed by atoms with Crippen LogP contribution in [0.5, 0.6) is 0 Å². The Morgan fingerprint density at radius 2 is 2.37 bits per heavy atom. The van der Waals surface area contributed by atoms with E-state index in [9.17, 15) is 4.79 Å².